The van der Waals surface area contributed by atoms with Crippen molar-refractivity contribution < 1.29 is 18.7 Å². The van der Waals surface area contributed by atoms with Crippen LogP contribution < -0.4 is 0 Å². The molecule has 0 aromatic carbocycles. The first-order valence-electron chi connectivity index (χ1n) is 3.18. The van der Waals surface area contributed by atoms with Crippen LogP contribution in [0.25, 0.3) is 0 Å². The predicted molar refractivity (Wildman–Crippen MR) is 42.5 cm³/mol. The Morgan fingerprint density at radius 2 is 2.00 bits per heavy atom. The first-order chi connectivity index (χ1) is 5.18. The zero-order chi connectivity index (χ0) is 8.74. The van der Waals surface area contributed by atoms with Crippen LogP contribution in [0.5, 0.6) is 0 Å². The van der Waals surface area contributed by atoms with Crippen molar-refractivity contribution in [2.45, 2.75) is 6.42 Å². The standard InChI is InChI=1S/C6H13O4P/c1-9-11(8,10-2)6-4-3-5-7/h4,6-7H,3,5H2,1-2H3. The Hall–Kier alpha value is -0.150. The SMILES string of the molecule is COP(=O)(C=CCCO)OC. The monoisotopic (exact) mass is 180 g/mol. The van der Waals surface area contributed by atoms with Gasteiger partial charge in [0.15, 0.2) is 0 Å². The van der Waals surface area contributed by atoms with Crippen molar-refractivity contribution in [1.29, 1.82) is 0 Å². The molecule has 0 amide bonds. The minimum absolute atomic E-state index is 0.0317. The summed E-state index contributed by atoms with van der Waals surface area (Å²) in [6.07, 6.45) is 2.02. The molecule has 66 valence electrons. The lowest BCUT2D eigenvalue weighted by Crippen LogP contribution is -1.84. The maximum Gasteiger partial charge on any atom is 0.353 e. The fourth-order valence-corrected chi connectivity index (χ4v) is 1.27. The van der Waals surface area contributed by atoms with Gasteiger partial charge in [-0.2, -0.15) is 0 Å². The average molecular weight is 180 g/mol. The fraction of sp³-hybridized carbons (Fsp3) is 0.667. The van der Waals surface area contributed by atoms with Crippen LogP contribution in [0.3, 0.4) is 0 Å². The van der Waals surface area contributed by atoms with E-state index in [0.717, 1.165) is 0 Å². The lowest BCUT2D eigenvalue weighted by molar-refractivity contribution is 0.285. The Kier molecular flexibility index (Phi) is 5.42. The van der Waals surface area contributed by atoms with Crippen molar-refractivity contribution in [3.63, 3.8) is 0 Å². The highest BCUT2D eigenvalue weighted by molar-refractivity contribution is 7.57. The van der Waals surface area contributed by atoms with Crippen molar-refractivity contribution in [3.8, 4) is 0 Å². The Morgan fingerprint density at radius 1 is 1.45 bits per heavy atom. The van der Waals surface area contributed by atoms with Crippen molar-refractivity contribution in [2.24, 2.45) is 0 Å². The summed E-state index contributed by atoms with van der Waals surface area (Å²) in [5.74, 6) is 1.34. The van der Waals surface area contributed by atoms with Gasteiger partial charge in [-0.05, 0) is 6.42 Å². The van der Waals surface area contributed by atoms with E-state index in [2.05, 4.69) is 9.05 Å². The quantitative estimate of drug-likeness (QED) is 0.649. The van der Waals surface area contributed by atoms with Gasteiger partial charge in [-0.1, -0.05) is 6.08 Å². The van der Waals surface area contributed by atoms with Crippen molar-refractivity contribution in [1.82, 2.24) is 0 Å². The topological polar surface area (TPSA) is 55.8 Å². The third-order valence-electron chi connectivity index (χ3n) is 1.09. The predicted octanol–water partition coefficient (Wildman–Crippen LogP) is 1.37. The molecule has 4 nitrogen and oxygen atoms in total. The molecule has 1 N–H and O–H groups in total. The average Bonchev–Trinajstić information content (AvgIpc) is 2.05. The van der Waals surface area contributed by atoms with Gasteiger partial charge in [-0.15, -0.1) is 0 Å². The first kappa shape index (κ1) is 10.8. The number of hydrogen-bond donors (Lipinski definition) is 1. The zero-order valence-electron chi connectivity index (χ0n) is 6.69. The third-order valence-corrected chi connectivity index (χ3v) is 2.69. The highest BCUT2D eigenvalue weighted by Crippen LogP contribution is 2.47. The molecule has 0 rings (SSSR count). The maximum atomic E-state index is 11.2. The Balaban J connectivity index is 3.97. The highest BCUT2D eigenvalue weighted by Gasteiger charge is 2.14. The molecule has 0 aromatic rings. The summed E-state index contributed by atoms with van der Waals surface area (Å²) in [5, 5.41) is 8.39. The lowest BCUT2D eigenvalue weighted by Gasteiger charge is -2.07. The lowest BCUT2D eigenvalue weighted by atomic mass is 10.5. The molecule has 0 saturated carbocycles. The van der Waals surface area contributed by atoms with Crippen LogP contribution in [0.1, 0.15) is 6.42 Å². The minimum atomic E-state index is -3.00. The minimum Gasteiger partial charge on any atom is -0.396 e. The summed E-state index contributed by atoms with van der Waals surface area (Å²) < 4.78 is 20.4. The molecule has 0 spiro atoms. The van der Waals surface area contributed by atoms with E-state index in [-0.39, 0.29) is 6.61 Å². The van der Waals surface area contributed by atoms with E-state index in [0.29, 0.717) is 6.42 Å². The van der Waals surface area contributed by atoms with Crippen molar-refractivity contribution in [3.05, 3.63) is 11.9 Å². The molecule has 0 aliphatic rings. The first-order valence-corrected chi connectivity index (χ1v) is 4.79. The van der Waals surface area contributed by atoms with E-state index < -0.39 is 7.60 Å². The van der Waals surface area contributed by atoms with E-state index in [1.54, 1.807) is 6.08 Å². The molecule has 5 heteroatoms. The molecule has 0 fully saturated rings. The molecule has 0 saturated heterocycles. The largest absolute Gasteiger partial charge is 0.396 e. The number of aliphatic hydroxyl groups excluding tert-OH is 1. The van der Waals surface area contributed by atoms with Gasteiger partial charge in [-0.25, -0.2) is 0 Å². The molecule has 0 aliphatic heterocycles. The van der Waals surface area contributed by atoms with Gasteiger partial charge < -0.3 is 14.2 Å². The summed E-state index contributed by atoms with van der Waals surface area (Å²) in [6.45, 7) is 0.0317. The summed E-state index contributed by atoms with van der Waals surface area (Å²) >= 11 is 0. The molecule has 0 bridgehead atoms. The molecule has 0 aromatic heterocycles. The van der Waals surface area contributed by atoms with Gasteiger partial charge in [0.25, 0.3) is 0 Å². The van der Waals surface area contributed by atoms with Crippen LogP contribution in [0.2, 0.25) is 0 Å². The third kappa shape index (κ3) is 4.32. The molecular formula is C6H13O4P. The van der Waals surface area contributed by atoms with Gasteiger partial charge >= 0.3 is 7.60 Å². The van der Waals surface area contributed by atoms with Crippen molar-refractivity contribution in [2.75, 3.05) is 20.8 Å². The van der Waals surface area contributed by atoms with E-state index in [9.17, 15) is 4.57 Å². The van der Waals surface area contributed by atoms with Crippen LogP contribution in [0, 0.1) is 0 Å². The molecular weight excluding hydrogens is 167 g/mol. The van der Waals surface area contributed by atoms with Gasteiger partial charge in [-0.3, -0.25) is 4.57 Å². The van der Waals surface area contributed by atoms with E-state index >= 15 is 0 Å². The Labute approximate surface area is 66.4 Å². The molecule has 0 heterocycles. The maximum absolute atomic E-state index is 11.2. The van der Waals surface area contributed by atoms with Crippen LogP contribution >= 0.6 is 7.60 Å². The van der Waals surface area contributed by atoms with Gasteiger partial charge in [0.05, 0.1) is 0 Å². The van der Waals surface area contributed by atoms with Crippen LogP contribution in [0.4, 0.5) is 0 Å². The second kappa shape index (κ2) is 5.49. The van der Waals surface area contributed by atoms with E-state index in [1.807, 2.05) is 0 Å². The summed E-state index contributed by atoms with van der Waals surface area (Å²) in [5.41, 5.74) is 0. The summed E-state index contributed by atoms with van der Waals surface area (Å²) in [7, 11) is -0.376. The van der Waals surface area contributed by atoms with E-state index in [1.165, 1.54) is 20.0 Å². The number of rotatable bonds is 5. The Morgan fingerprint density at radius 3 is 2.36 bits per heavy atom. The fourth-order valence-electron chi connectivity index (χ4n) is 0.474. The molecule has 0 unspecified atom stereocenters. The molecule has 0 radical (unpaired) electrons. The normalized spacial score (nSPS) is 12.6. The number of aliphatic hydroxyl groups is 1. The van der Waals surface area contributed by atoms with Crippen LogP contribution in [-0.2, 0) is 13.6 Å². The molecule has 0 atom stereocenters. The smallest absolute Gasteiger partial charge is 0.353 e. The van der Waals surface area contributed by atoms with Crippen LogP contribution in [-0.4, -0.2) is 25.9 Å². The van der Waals surface area contributed by atoms with Gasteiger partial charge in [0.1, 0.15) is 0 Å². The second-order valence-corrected chi connectivity index (χ2v) is 3.91. The molecule has 11 heavy (non-hydrogen) atoms. The Bertz CT molecular complexity index is 158. The highest BCUT2D eigenvalue weighted by atomic mass is 31.2. The van der Waals surface area contributed by atoms with Gasteiger partial charge in [0, 0.05) is 26.6 Å². The van der Waals surface area contributed by atoms with Crippen molar-refractivity contribution >= 4 is 7.60 Å². The number of hydrogen-bond acceptors (Lipinski definition) is 4. The van der Waals surface area contributed by atoms with E-state index in [4.69, 9.17) is 5.11 Å². The van der Waals surface area contributed by atoms with Crippen LogP contribution in [0.15, 0.2) is 11.9 Å². The zero-order valence-corrected chi connectivity index (χ0v) is 7.58. The summed E-state index contributed by atoms with van der Waals surface area (Å²) in [4.78, 5) is 0. The van der Waals surface area contributed by atoms with Gasteiger partial charge in [0.2, 0.25) is 0 Å². The second-order valence-electron chi connectivity index (χ2n) is 1.80. The molecule has 0 aliphatic carbocycles. The summed E-state index contributed by atoms with van der Waals surface area (Å²) in [6, 6.07) is 0.